The second-order valence-electron chi connectivity index (χ2n) is 4.58. The van der Waals surface area contributed by atoms with Gasteiger partial charge in [0, 0.05) is 18.9 Å². The lowest BCUT2D eigenvalue weighted by molar-refractivity contribution is 0.710. The first-order valence-corrected chi connectivity index (χ1v) is 6.23. The van der Waals surface area contributed by atoms with Gasteiger partial charge >= 0.3 is 0 Å². The lowest BCUT2D eigenvalue weighted by atomic mass is 10.1. The van der Waals surface area contributed by atoms with Crippen LogP contribution in [0.5, 0.6) is 0 Å². The molecule has 1 atom stereocenters. The number of pyridine rings is 2. The van der Waals surface area contributed by atoms with Crippen molar-refractivity contribution in [3.8, 4) is 0 Å². The molecule has 1 saturated heterocycles. The van der Waals surface area contributed by atoms with Crippen LogP contribution in [0.3, 0.4) is 0 Å². The van der Waals surface area contributed by atoms with Crippen LogP contribution in [0.4, 0.5) is 11.5 Å². The zero-order chi connectivity index (χ0) is 12.4. The Bertz CT molecular complexity index is 509. The molecule has 2 aromatic rings. The van der Waals surface area contributed by atoms with E-state index in [-0.39, 0.29) is 0 Å². The van der Waals surface area contributed by atoms with Crippen molar-refractivity contribution >= 4 is 11.5 Å². The lowest BCUT2D eigenvalue weighted by Crippen LogP contribution is -2.23. The van der Waals surface area contributed by atoms with Crippen LogP contribution >= 0.6 is 0 Å². The summed E-state index contributed by atoms with van der Waals surface area (Å²) in [5, 5.41) is 0. The van der Waals surface area contributed by atoms with Crippen LogP contribution in [0.1, 0.15) is 24.4 Å². The summed E-state index contributed by atoms with van der Waals surface area (Å²) in [6.45, 7) is 1.05. The smallest absolute Gasteiger partial charge is 0.129 e. The van der Waals surface area contributed by atoms with E-state index < -0.39 is 0 Å². The monoisotopic (exact) mass is 240 g/mol. The minimum absolute atomic E-state index is 0.407. The molecule has 0 aromatic carbocycles. The van der Waals surface area contributed by atoms with E-state index in [1.807, 2.05) is 24.5 Å². The molecule has 3 heterocycles. The Labute approximate surface area is 106 Å². The SMILES string of the molecule is Nc1ccc(N2CCCC2c2ccncc2)nc1. The normalized spacial score (nSPS) is 19.1. The maximum absolute atomic E-state index is 5.68. The predicted octanol–water partition coefficient (Wildman–Crippen LogP) is 2.40. The Morgan fingerprint density at radius 1 is 1.17 bits per heavy atom. The van der Waals surface area contributed by atoms with E-state index in [1.165, 1.54) is 12.0 Å². The molecule has 1 fully saturated rings. The average molecular weight is 240 g/mol. The van der Waals surface area contributed by atoms with E-state index in [4.69, 9.17) is 5.73 Å². The Balaban J connectivity index is 1.90. The largest absolute Gasteiger partial charge is 0.397 e. The molecule has 0 aliphatic carbocycles. The van der Waals surface area contributed by atoms with E-state index in [0.717, 1.165) is 18.8 Å². The van der Waals surface area contributed by atoms with Crippen LogP contribution < -0.4 is 10.6 Å². The molecule has 1 aliphatic rings. The first kappa shape index (κ1) is 11.0. The summed E-state index contributed by atoms with van der Waals surface area (Å²) >= 11 is 0. The summed E-state index contributed by atoms with van der Waals surface area (Å²) in [4.78, 5) is 10.8. The van der Waals surface area contributed by atoms with Crippen molar-refractivity contribution in [3.63, 3.8) is 0 Å². The lowest BCUT2D eigenvalue weighted by Gasteiger charge is -2.26. The highest BCUT2D eigenvalue weighted by Crippen LogP contribution is 2.34. The standard InChI is InChI=1S/C14H16N4/c15-12-3-4-14(17-10-12)18-9-1-2-13(18)11-5-7-16-8-6-11/h3-8,10,13H,1-2,9,15H2. The molecule has 0 saturated carbocycles. The van der Waals surface area contributed by atoms with Crippen LogP contribution in [-0.2, 0) is 0 Å². The average Bonchev–Trinajstić information content (AvgIpc) is 2.90. The predicted molar refractivity (Wildman–Crippen MR) is 72.2 cm³/mol. The van der Waals surface area contributed by atoms with Gasteiger partial charge in [0.25, 0.3) is 0 Å². The molecule has 92 valence electrons. The highest BCUT2D eigenvalue weighted by Gasteiger charge is 2.26. The first-order valence-electron chi connectivity index (χ1n) is 6.23. The van der Waals surface area contributed by atoms with Crippen molar-refractivity contribution in [1.82, 2.24) is 9.97 Å². The van der Waals surface area contributed by atoms with Gasteiger partial charge in [0.1, 0.15) is 5.82 Å². The fraction of sp³-hybridized carbons (Fsp3) is 0.286. The van der Waals surface area contributed by atoms with Gasteiger partial charge in [-0.05, 0) is 42.7 Å². The second kappa shape index (κ2) is 4.64. The molecule has 4 nitrogen and oxygen atoms in total. The maximum Gasteiger partial charge on any atom is 0.129 e. The van der Waals surface area contributed by atoms with Gasteiger partial charge in [0.05, 0.1) is 17.9 Å². The van der Waals surface area contributed by atoms with Crippen LogP contribution in [0, 0.1) is 0 Å². The molecule has 2 aromatic heterocycles. The summed E-state index contributed by atoms with van der Waals surface area (Å²) < 4.78 is 0. The van der Waals surface area contributed by atoms with Crippen molar-refractivity contribution in [2.75, 3.05) is 17.2 Å². The van der Waals surface area contributed by atoms with E-state index in [2.05, 4.69) is 27.0 Å². The van der Waals surface area contributed by atoms with Crippen molar-refractivity contribution < 1.29 is 0 Å². The molecule has 2 N–H and O–H groups in total. The zero-order valence-electron chi connectivity index (χ0n) is 10.2. The van der Waals surface area contributed by atoms with Crippen molar-refractivity contribution in [1.29, 1.82) is 0 Å². The second-order valence-corrected chi connectivity index (χ2v) is 4.58. The third kappa shape index (κ3) is 2.01. The molecule has 4 heteroatoms. The molecular formula is C14H16N4. The number of aromatic nitrogens is 2. The topological polar surface area (TPSA) is 55.0 Å². The number of nitrogens with two attached hydrogens (primary N) is 1. The number of hydrogen-bond acceptors (Lipinski definition) is 4. The summed E-state index contributed by atoms with van der Waals surface area (Å²) in [7, 11) is 0. The third-order valence-electron chi connectivity index (χ3n) is 3.41. The summed E-state index contributed by atoms with van der Waals surface area (Å²) in [6.07, 6.45) is 7.77. The van der Waals surface area contributed by atoms with E-state index in [1.54, 1.807) is 6.20 Å². The molecule has 1 aliphatic heterocycles. The summed E-state index contributed by atoms with van der Waals surface area (Å²) in [5.41, 5.74) is 7.70. The Hall–Kier alpha value is -2.10. The minimum atomic E-state index is 0.407. The fourth-order valence-electron chi connectivity index (χ4n) is 2.54. The molecule has 0 radical (unpaired) electrons. The third-order valence-corrected chi connectivity index (χ3v) is 3.41. The Kier molecular flexibility index (Phi) is 2.84. The van der Waals surface area contributed by atoms with E-state index in [9.17, 15) is 0 Å². The molecule has 0 amide bonds. The Morgan fingerprint density at radius 2 is 2.00 bits per heavy atom. The maximum atomic E-state index is 5.68. The van der Waals surface area contributed by atoms with Gasteiger partial charge in [0.2, 0.25) is 0 Å². The number of anilines is 2. The molecule has 1 unspecified atom stereocenters. The van der Waals surface area contributed by atoms with Crippen molar-refractivity contribution in [2.24, 2.45) is 0 Å². The van der Waals surface area contributed by atoms with E-state index in [0.29, 0.717) is 11.7 Å². The summed E-state index contributed by atoms with van der Waals surface area (Å²) in [5.74, 6) is 1.00. The molecule has 18 heavy (non-hydrogen) atoms. The van der Waals surface area contributed by atoms with Crippen LogP contribution in [0.25, 0.3) is 0 Å². The summed E-state index contributed by atoms with van der Waals surface area (Å²) in [6, 6.07) is 8.48. The van der Waals surface area contributed by atoms with Gasteiger partial charge in [-0.3, -0.25) is 4.98 Å². The van der Waals surface area contributed by atoms with Gasteiger partial charge < -0.3 is 10.6 Å². The van der Waals surface area contributed by atoms with Gasteiger partial charge in [-0.15, -0.1) is 0 Å². The molecular weight excluding hydrogens is 224 g/mol. The number of hydrogen-bond donors (Lipinski definition) is 1. The minimum Gasteiger partial charge on any atom is -0.397 e. The van der Waals surface area contributed by atoms with Crippen molar-refractivity contribution in [3.05, 3.63) is 48.4 Å². The zero-order valence-corrected chi connectivity index (χ0v) is 10.2. The highest BCUT2D eigenvalue weighted by atomic mass is 15.2. The van der Waals surface area contributed by atoms with Crippen LogP contribution in [0.2, 0.25) is 0 Å². The van der Waals surface area contributed by atoms with Gasteiger partial charge in [-0.1, -0.05) is 0 Å². The van der Waals surface area contributed by atoms with Crippen molar-refractivity contribution in [2.45, 2.75) is 18.9 Å². The highest BCUT2D eigenvalue weighted by molar-refractivity contribution is 5.48. The molecule has 0 spiro atoms. The quantitative estimate of drug-likeness (QED) is 0.875. The molecule has 0 bridgehead atoms. The fourth-order valence-corrected chi connectivity index (χ4v) is 2.54. The number of nitrogens with zero attached hydrogens (tertiary/aromatic N) is 3. The number of rotatable bonds is 2. The Morgan fingerprint density at radius 3 is 2.72 bits per heavy atom. The van der Waals surface area contributed by atoms with Gasteiger partial charge in [-0.25, -0.2) is 4.98 Å². The van der Waals surface area contributed by atoms with Gasteiger partial charge in [0.15, 0.2) is 0 Å². The molecule has 3 rings (SSSR count). The van der Waals surface area contributed by atoms with Crippen LogP contribution in [-0.4, -0.2) is 16.5 Å². The van der Waals surface area contributed by atoms with E-state index >= 15 is 0 Å². The first-order chi connectivity index (χ1) is 8.84. The van der Waals surface area contributed by atoms with Crippen LogP contribution in [0.15, 0.2) is 42.9 Å². The number of nitrogen functional groups attached to an aromatic ring is 1. The van der Waals surface area contributed by atoms with Gasteiger partial charge in [-0.2, -0.15) is 0 Å².